The number of nitrogens with one attached hydrogen (secondary N) is 2. The lowest BCUT2D eigenvalue weighted by Crippen LogP contribution is -2.21. The zero-order valence-electron chi connectivity index (χ0n) is 8.11. The van der Waals surface area contributed by atoms with Crippen LogP contribution in [0.15, 0.2) is 29.2 Å². The molecule has 5 heteroatoms. The van der Waals surface area contributed by atoms with Crippen LogP contribution in [0.1, 0.15) is 11.6 Å². The Kier molecular flexibility index (Phi) is 2.93. The summed E-state index contributed by atoms with van der Waals surface area (Å²) in [6.45, 7) is 0. The van der Waals surface area contributed by atoms with Gasteiger partial charge in [0.2, 0.25) is 0 Å². The van der Waals surface area contributed by atoms with Gasteiger partial charge in [0, 0.05) is 4.90 Å². The molecule has 1 aliphatic heterocycles. The van der Waals surface area contributed by atoms with E-state index in [1.165, 1.54) is 4.90 Å². The van der Waals surface area contributed by atoms with Crippen molar-refractivity contribution in [2.24, 2.45) is 0 Å². The fourth-order valence-electron chi connectivity index (χ4n) is 1.45. The zero-order chi connectivity index (χ0) is 10.8. The van der Waals surface area contributed by atoms with Gasteiger partial charge in [-0.2, -0.15) is 0 Å². The van der Waals surface area contributed by atoms with E-state index in [1.54, 1.807) is 11.8 Å². The summed E-state index contributed by atoms with van der Waals surface area (Å²) in [4.78, 5) is 12.7. The van der Waals surface area contributed by atoms with E-state index >= 15 is 0 Å². The summed E-state index contributed by atoms with van der Waals surface area (Å²) in [7, 11) is 0. The van der Waals surface area contributed by atoms with Crippen LogP contribution >= 0.6 is 24.0 Å². The second kappa shape index (κ2) is 4.20. The number of rotatable bonds is 2. The molecule has 1 unspecified atom stereocenters. The average Bonchev–Trinajstić information content (AvgIpc) is 2.58. The highest BCUT2D eigenvalue weighted by Gasteiger charge is 2.28. The molecule has 0 bridgehead atoms. The van der Waals surface area contributed by atoms with E-state index in [0.717, 1.165) is 5.56 Å². The molecule has 78 valence electrons. The van der Waals surface area contributed by atoms with Gasteiger partial charge >= 0.3 is 0 Å². The normalized spacial score (nSPS) is 19.9. The summed E-state index contributed by atoms with van der Waals surface area (Å²) in [5.74, 6) is -0.0862. The molecule has 1 aromatic rings. The third-order valence-corrected chi connectivity index (χ3v) is 3.19. The van der Waals surface area contributed by atoms with Crippen LogP contribution < -0.4 is 10.6 Å². The molecule has 1 heterocycles. The summed E-state index contributed by atoms with van der Waals surface area (Å²) in [5, 5.41) is 5.89. The van der Waals surface area contributed by atoms with Gasteiger partial charge in [0.05, 0.1) is 0 Å². The van der Waals surface area contributed by atoms with Gasteiger partial charge in [-0.1, -0.05) is 12.1 Å². The van der Waals surface area contributed by atoms with Crippen LogP contribution in [0.5, 0.6) is 0 Å². The molecule has 1 saturated heterocycles. The van der Waals surface area contributed by atoms with E-state index in [9.17, 15) is 4.79 Å². The van der Waals surface area contributed by atoms with Crippen molar-refractivity contribution in [1.82, 2.24) is 10.6 Å². The number of amides is 1. The third-order valence-electron chi connectivity index (χ3n) is 2.22. The van der Waals surface area contributed by atoms with E-state index in [0.29, 0.717) is 5.11 Å². The minimum atomic E-state index is -0.339. The molecular weight excluding hydrogens is 228 g/mol. The molecule has 0 radical (unpaired) electrons. The molecule has 15 heavy (non-hydrogen) atoms. The van der Waals surface area contributed by atoms with Crippen molar-refractivity contribution in [3.05, 3.63) is 29.8 Å². The number of hydrogen-bond acceptors (Lipinski definition) is 3. The highest BCUT2D eigenvalue weighted by Crippen LogP contribution is 2.20. The van der Waals surface area contributed by atoms with Crippen molar-refractivity contribution in [1.29, 1.82) is 0 Å². The zero-order valence-corrected chi connectivity index (χ0v) is 9.74. The van der Waals surface area contributed by atoms with E-state index < -0.39 is 0 Å². The topological polar surface area (TPSA) is 41.1 Å². The summed E-state index contributed by atoms with van der Waals surface area (Å²) in [6.07, 6.45) is 2.02. The summed E-state index contributed by atoms with van der Waals surface area (Å²) >= 11 is 6.55. The van der Waals surface area contributed by atoms with Crippen molar-refractivity contribution in [2.75, 3.05) is 6.26 Å². The SMILES string of the molecule is CSc1ccc(C2NC(=S)NC2=O)cc1. The molecule has 0 aliphatic carbocycles. The van der Waals surface area contributed by atoms with E-state index in [4.69, 9.17) is 12.2 Å². The summed E-state index contributed by atoms with van der Waals surface area (Å²) < 4.78 is 0. The molecule has 0 saturated carbocycles. The van der Waals surface area contributed by atoms with Gasteiger partial charge in [-0.25, -0.2) is 0 Å². The minimum absolute atomic E-state index is 0.0862. The van der Waals surface area contributed by atoms with Crippen molar-refractivity contribution in [2.45, 2.75) is 10.9 Å². The van der Waals surface area contributed by atoms with Crippen LogP contribution in [0.25, 0.3) is 0 Å². The van der Waals surface area contributed by atoms with Crippen molar-refractivity contribution in [3.8, 4) is 0 Å². The van der Waals surface area contributed by atoms with Crippen LogP contribution in [0, 0.1) is 0 Å². The molecule has 0 spiro atoms. The summed E-state index contributed by atoms with van der Waals surface area (Å²) in [5.41, 5.74) is 0.935. The predicted octanol–water partition coefficient (Wildman–Crippen LogP) is 1.45. The van der Waals surface area contributed by atoms with Gasteiger partial charge in [-0.3, -0.25) is 4.79 Å². The first-order chi connectivity index (χ1) is 7.20. The molecule has 1 aliphatic rings. The van der Waals surface area contributed by atoms with Gasteiger partial charge in [-0.15, -0.1) is 11.8 Å². The molecule has 2 rings (SSSR count). The number of thiocarbonyl (C=S) groups is 1. The Morgan fingerprint density at radius 1 is 1.33 bits per heavy atom. The highest BCUT2D eigenvalue weighted by molar-refractivity contribution is 7.98. The first kappa shape index (κ1) is 10.4. The van der Waals surface area contributed by atoms with Gasteiger partial charge in [0.15, 0.2) is 5.11 Å². The Morgan fingerprint density at radius 3 is 2.47 bits per heavy atom. The molecular formula is C10H10N2OS2. The number of benzene rings is 1. The van der Waals surface area contributed by atoms with Gasteiger partial charge in [0.1, 0.15) is 6.04 Å². The quantitative estimate of drug-likeness (QED) is 0.604. The van der Waals surface area contributed by atoms with Crippen LogP contribution in [0.2, 0.25) is 0 Å². The maximum atomic E-state index is 11.5. The Morgan fingerprint density at radius 2 is 2.00 bits per heavy atom. The smallest absolute Gasteiger partial charge is 0.253 e. The first-order valence-corrected chi connectivity index (χ1v) is 6.09. The molecule has 1 fully saturated rings. The first-order valence-electron chi connectivity index (χ1n) is 4.46. The fraction of sp³-hybridized carbons (Fsp3) is 0.200. The molecule has 0 aromatic heterocycles. The predicted molar refractivity (Wildman–Crippen MR) is 64.8 cm³/mol. The lowest BCUT2D eigenvalue weighted by Gasteiger charge is -2.08. The monoisotopic (exact) mass is 238 g/mol. The highest BCUT2D eigenvalue weighted by atomic mass is 32.2. The van der Waals surface area contributed by atoms with Crippen LogP contribution in [0.4, 0.5) is 0 Å². The lowest BCUT2D eigenvalue weighted by molar-refractivity contribution is -0.120. The Hall–Kier alpha value is -1.07. The van der Waals surface area contributed by atoms with E-state index in [1.807, 2.05) is 30.5 Å². The van der Waals surface area contributed by atoms with Crippen LogP contribution in [0.3, 0.4) is 0 Å². The number of hydrogen-bond donors (Lipinski definition) is 2. The van der Waals surface area contributed by atoms with Crippen molar-refractivity contribution in [3.63, 3.8) is 0 Å². The van der Waals surface area contributed by atoms with E-state index in [2.05, 4.69) is 10.6 Å². The van der Waals surface area contributed by atoms with E-state index in [-0.39, 0.29) is 11.9 Å². The largest absolute Gasteiger partial charge is 0.347 e. The second-order valence-electron chi connectivity index (χ2n) is 3.17. The van der Waals surface area contributed by atoms with Crippen LogP contribution in [-0.2, 0) is 4.79 Å². The van der Waals surface area contributed by atoms with Gasteiger partial charge < -0.3 is 10.6 Å². The number of thioether (sulfide) groups is 1. The number of carbonyl (C=O) groups is 1. The number of carbonyl (C=O) groups excluding carboxylic acids is 1. The van der Waals surface area contributed by atoms with Gasteiger partial charge in [-0.05, 0) is 36.2 Å². The molecule has 1 amide bonds. The summed E-state index contributed by atoms with van der Waals surface area (Å²) in [6, 6.07) is 7.54. The lowest BCUT2D eigenvalue weighted by atomic mass is 10.1. The standard InChI is InChI=1S/C10H10N2OS2/c1-15-7-4-2-6(3-5-7)8-9(13)12-10(14)11-8/h2-5,8H,1H3,(H2,11,12,13,14). The molecule has 3 nitrogen and oxygen atoms in total. The van der Waals surface area contributed by atoms with Crippen LogP contribution in [-0.4, -0.2) is 17.3 Å². The molecule has 1 atom stereocenters. The third kappa shape index (κ3) is 2.13. The Balaban J connectivity index is 2.22. The average molecular weight is 238 g/mol. The Bertz CT molecular complexity index is 402. The van der Waals surface area contributed by atoms with Gasteiger partial charge in [0.25, 0.3) is 5.91 Å². The maximum absolute atomic E-state index is 11.5. The fourth-order valence-corrected chi connectivity index (χ4v) is 2.07. The minimum Gasteiger partial charge on any atom is -0.347 e. The molecule has 2 N–H and O–H groups in total. The second-order valence-corrected chi connectivity index (χ2v) is 4.46. The molecule has 1 aromatic carbocycles. The Labute approximate surface area is 97.6 Å². The van der Waals surface area contributed by atoms with Crippen molar-refractivity contribution < 1.29 is 4.79 Å². The maximum Gasteiger partial charge on any atom is 0.253 e. The van der Waals surface area contributed by atoms with Crippen molar-refractivity contribution >= 4 is 35.0 Å².